The average molecular weight is 344 g/mol. The number of nitrogens with zero attached hydrogens (tertiary/aromatic N) is 3. The van der Waals surface area contributed by atoms with E-state index < -0.39 is 0 Å². The molecule has 6 nitrogen and oxygen atoms in total. The number of fused-ring (bicyclic) bond motifs is 4. The molecule has 4 heterocycles. The fraction of sp³-hybridized carbons (Fsp3) is 0.529. The lowest BCUT2D eigenvalue weighted by molar-refractivity contribution is 0.249. The van der Waals surface area contributed by atoms with Gasteiger partial charge >= 0.3 is 6.03 Å². The highest BCUT2D eigenvalue weighted by molar-refractivity contribution is 7.22. The lowest BCUT2D eigenvalue weighted by atomic mass is 10.1. The maximum absolute atomic E-state index is 12.6. The van der Waals surface area contributed by atoms with Gasteiger partial charge in [0.05, 0.1) is 28.9 Å². The van der Waals surface area contributed by atoms with E-state index in [0.717, 1.165) is 60.1 Å². The summed E-state index contributed by atoms with van der Waals surface area (Å²) in [5.41, 5.74) is 2.19. The lowest BCUT2D eigenvalue weighted by Crippen LogP contribution is -2.43. The van der Waals surface area contributed by atoms with E-state index >= 15 is 0 Å². The molecule has 0 radical (unpaired) electrons. The van der Waals surface area contributed by atoms with Crippen molar-refractivity contribution in [1.29, 1.82) is 0 Å². The van der Waals surface area contributed by atoms with Crippen LogP contribution in [-0.2, 0) is 6.42 Å². The number of likely N-dealkylation sites (N-methyl/N-ethyl adjacent to an activating group) is 1. The number of amides is 2. The van der Waals surface area contributed by atoms with Crippen LogP contribution in [0.2, 0.25) is 0 Å². The molecular weight excluding hydrogens is 324 g/mol. The Hall–Kier alpha value is -1.86. The standard InChI is InChI=1S/C17H20N4O2S/c1-20-7-2-3-11-12(9-20)21(16(22)18-11)17-19-15-10-6-8-23-13(10)4-5-14(15)24-17/h4-5,11-12H,2-3,6-9H2,1H3,(H,18,22)/t11-,12+/m1/s1. The van der Waals surface area contributed by atoms with Gasteiger partial charge in [0.15, 0.2) is 5.13 Å². The van der Waals surface area contributed by atoms with E-state index in [1.807, 2.05) is 11.0 Å². The fourth-order valence-electron chi connectivity index (χ4n) is 4.11. The number of urea groups is 1. The number of hydrogen-bond acceptors (Lipinski definition) is 5. The smallest absolute Gasteiger partial charge is 0.324 e. The van der Waals surface area contributed by atoms with E-state index in [1.165, 1.54) is 5.56 Å². The zero-order valence-electron chi connectivity index (χ0n) is 13.6. The van der Waals surface area contributed by atoms with Crippen LogP contribution < -0.4 is 15.0 Å². The summed E-state index contributed by atoms with van der Waals surface area (Å²) in [5, 5.41) is 3.97. The second-order valence-corrected chi connectivity index (χ2v) is 7.89. The highest BCUT2D eigenvalue weighted by Crippen LogP contribution is 2.39. The first-order valence-corrected chi connectivity index (χ1v) is 9.36. The molecule has 3 aliphatic heterocycles. The Morgan fingerprint density at radius 1 is 1.42 bits per heavy atom. The minimum Gasteiger partial charge on any atom is -0.493 e. The second kappa shape index (κ2) is 5.32. The molecule has 2 fully saturated rings. The summed E-state index contributed by atoms with van der Waals surface area (Å²) in [5.74, 6) is 0.942. The van der Waals surface area contributed by atoms with Gasteiger partial charge < -0.3 is 15.0 Å². The van der Waals surface area contributed by atoms with Gasteiger partial charge in [-0.05, 0) is 38.6 Å². The summed E-state index contributed by atoms with van der Waals surface area (Å²) in [6, 6.07) is 4.47. The Morgan fingerprint density at radius 3 is 3.25 bits per heavy atom. The number of nitrogens with one attached hydrogen (secondary N) is 1. The first-order valence-electron chi connectivity index (χ1n) is 8.54. The topological polar surface area (TPSA) is 57.7 Å². The summed E-state index contributed by atoms with van der Waals surface area (Å²) < 4.78 is 6.78. The Kier molecular flexibility index (Phi) is 3.21. The molecule has 2 aromatic rings. The van der Waals surface area contributed by atoms with Crippen LogP contribution in [0, 0.1) is 0 Å². The van der Waals surface area contributed by atoms with Gasteiger partial charge in [0.2, 0.25) is 0 Å². The van der Waals surface area contributed by atoms with Crippen LogP contribution >= 0.6 is 11.3 Å². The summed E-state index contributed by atoms with van der Waals surface area (Å²) in [4.78, 5) is 21.7. The van der Waals surface area contributed by atoms with Crippen molar-refractivity contribution in [3.05, 3.63) is 17.7 Å². The molecular formula is C17H20N4O2S. The molecule has 2 amide bonds. The van der Waals surface area contributed by atoms with Crippen LogP contribution in [-0.4, -0.2) is 54.7 Å². The van der Waals surface area contributed by atoms with Crippen molar-refractivity contribution in [3.63, 3.8) is 0 Å². The highest BCUT2D eigenvalue weighted by Gasteiger charge is 2.43. The molecule has 1 aromatic heterocycles. The monoisotopic (exact) mass is 344 g/mol. The van der Waals surface area contributed by atoms with Crippen molar-refractivity contribution in [2.45, 2.75) is 31.3 Å². The van der Waals surface area contributed by atoms with Crippen molar-refractivity contribution >= 4 is 32.7 Å². The number of benzene rings is 1. The third-order valence-corrected chi connectivity index (χ3v) is 6.32. The maximum Gasteiger partial charge on any atom is 0.324 e. The molecule has 3 aliphatic rings. The number of aromatic nitrogens is 1. The number of likely N-dealkylation sites (tertiary alicyclic amines) is 1. The Morgan fingerprint density at radius 2 is 2.33 bits per heavy atom. The SMILES string of the molecule is CN1CCC[C@H]2NC(=O)N(c3nc4c5c(ccc4s3)OCC5)[C@H]2C1. The largest absolute Gasteiger partial charge is 0.493 e. The highest BCUT2D eigenvalue weighted by atomic mass is 32.1. The van der Waals surface area contributed by atoms with Crippen molar-refractivity contribution in [1.82, 2.24) is 15.2 Å². The maximum atomic E-state index is 12.6. The minimum absolute atomic E-state index is 0.00717. The van der Waals surface area contributed by atoms with Gasteiger partial charge in [-0.2, -0.15) is 0 Å². The lowest BCUT2D eigenvalue weighted by Gasteiger charge is -2.25. The number of thiazole rings is 1. The van der Waals surface area contributed by atoms with E-state index in [2.05, 4.69) is 23.3 Å². The van der Waals surface area contributed by atoms with Crippen molar-refractivity contribution in [2.24, 2.45) is 0 Å². The van der Waals surface area contributed by atoms with Gasteiger partial charge in [0, 0.05) is 18.5 Å². The summed E-state index contributed by atoms with van der Waals surface area (Å²) in [7, 11) is 2.13. The number of carbonyl (C=O) groups excluding carboxylic acids is 1. The van der Waals surface area contributed by atoms with E-state index in [4.69, 9.17) is 9.72 Å². The normalized spacial score (nSPS) is 26.9. The van der Waals surface area contributed by atoms with Crippen LogP contribution in [0.3, 0.4) is 0 Å². The number of hydrogen-bond donors (Lipinski definition) is 1. The second-order valence-electron chi connectivity index (χ2n) is 6.88. The zero-order valence-corrected chi connectivity index (χ0v) is 14.4. The third kappa shape index (κ3) is 2.11. The van der Waals surface area contributed by atoms with E-state index in [0.29, 0.717) is 0 Å². The molecule has 5 rings (SSSR count). The summed E-state index contributed by atoms with van der Waals surface area (Å²) in [6.45, 7) is 2.70. The van der Waals surface area contributed by atoms with E-state index in [-0.39, 0.29) is 18.1 Å². The van der Waals surface area contributed by atoms with Gasteiger partial charge in [0.25, 0.3) is 0 Å². The van der Waals surface area contributed by atoms with Crippen LogP contribution in [0.15, 0.2) is 12.1 Å². The molecule has 7 heteroatoms. The first kappa shape index (κ1) is 14.5. The number of ether oxygens (including phenoxy) is 1. The molecule has 126 valence electrons. The third-order valence-electron chi connectivity index (χ3n) is 5.30. The van der Waals surface area contributed by atoms with Crippen molar-refractivity contribution in [3.8, 4) is 5.75 Å². The first-order chi connectivity index (χ1) is 11.7. The van der Waals surface area contributed by atoms with Crippen LogP contribution in [0.4, 0.5) is 9.93 Å². The van der Waals surface area contributed by atoms with Gasteiger partial charge in [-0.15, -0.1) is 0 Å². The minimum atomic E-state index is -0.00717. The molecule has 1 aromatic carbocycles. The van der Waals surface area contributed by atoms with Gasteiger partial charge in [0.1, 0.15) is 5.75 Å². The Bertz CT molecular complexity index is 820. The molecule has 0 aliphatic carbocycles. The number of carbonyl (C=O) groups is 1. The molecule has 2 atom stereocenters. The number of rotatable bonds is 1. The zero-order chi connectivity index (χ0) is 16.3. The van der Waals surface area contributed by atoms with E-state index in [1.54, 1.807) is 11.3 Å². The predicted octanol–water partition coefficient (Wildman–Crippen LogP) is 2.22. The molecule has 0 spiro atoms. The summed E-state index contributed by atoms with van der Waals surface area (Å²) >= 11 is 1.61. The van der Waals surface area contributed by atoms with Gasteiger partial charge in [-0.1, -0.05) is 11.3 Å². The number of anilines is 1. The Balaban J connectivity index is 1.57. The quantitative estimate of drug-likeness (QED) is 0.862. The van der Waals surface area contributed by atoms with Crippen LogP contribution in [0.1, 0.15) is 18.4 Å². The molecule has 0 bridgehead atoms. The molecule has 1 N–H and O–H groups in total. The van der Waals surface area contributed by atoms with Crippen LogP contribution in [0.25, 0.3) is 10.2 Å². The molecule has 2 saturated heterocycles. The molecule has 0 unspecified atom stereocenters. The van der Waals surface area contributed by atoms with E-state index in [9.17, 15) is 4.79 Å². The molecule has 24 heavy (non-hydrogen) atoms. The van der Waals surface area contributed by atoms with Crippen molar-refractivity contribution < 1.29 is 9.53 Å². The predicted molar refractivity (Wildman–Crippen MR) is 94.1 cm³/mol. The van der Waals surface area contributed by atoms with Crippen molar-refractivity contribution in [2.75, 3.05) is 31.6 Å². The fourth-order valence-corrected chi connectivity index (χ4v) is 5.16. The Labute approximate surface area is 144 Å². The average Bonchev–Trinajstić information content (AvgIpc) is 3.21. The van der Waals surface area contributed by atoms with Gasteiger partial charge in [-0.25, -0.2) is 9.78 Å². The van der Waals surface area contributed by atoms with Crippen LogP contribution in [0.5, 0.6) is 5.75 Å². The summed E-state index contributed by atoms with van der Waals surface area (Å²) in [6.07, 6.45) is 3.05. The molecule has 0 saturated carbocycles. The van der Waals surface area contributed by atoms with Gasteiger partial charge in [-0.3, -0.25) is 4.90 Å².